The topological polar surface area (TPSA) is 117 Å². The molecule has 3 unspecified atom stereocenters. The highest BCUT2D eigenvalue weighted by Crippen LogP contribution is 2.60. The number of hydrogen-bond donors (Lipinski definition) is 3. The Balaban J connectivity index is 1.64. The SMILES string of the molecule is CCOc1ccc(NC(=O)[C@H]2[C@@H]3OC4(CC3Br)C(C(=O)NC(C)(C)C)N(CCCO)C(=O)[C@H]24)cc1. The molecule has 6 atom stereocenters. The first-order chi connectivity index (χ1) is 16.5. The van der Waals surface area contributed by atoms with E-state index in [9.17, 15) is 19.5 Å². The Labute approximate surface area is 214 Å². The van der Waals surface area contributed by atoms with Crippen LogP contribution in [0.3, 0.4) is 0 Å². The molecule has 3 fully saturated rings. The maximum absolute atomic E-state index is 13.7. The number of likely N-dealkylation sites (tertiary alicyclic amines) is 1. The summed E-state index contributed by atoms with van der Waals surface area (Å²) < 4.78 is 11.9. The average Bonchev–Trinajstić information content (AvgIpc) is 3.36. The van der Waals surface area contributed by atoms with Gasteiger partial charge in [-0.05, 0) is 64.8 Å². The van der Waals surface area contributed by atoms with Gasteiger partial charge in [-0.3, -0.25) is 14.4 Å². The van der Waals surface area contributed by atoms with Crippen molar-refractivity contribution >= 4 is 39.3 Å². The third kappa shape index (κ3) is 4.68. The first-order valence-electron chi connectivity index (χ1n) is 12.1. The Morgan fingerprint density at radius 2 is 1.94 bits per heavy atom. The first kappa shape index (κ1) is 25.9. The molecule has 35 heavy (non-hydrogen) atoms. The van der Waals surface area contributed by atoms with Crippen LogP contribution in [0.2, 0.25) is 0 Å². The molecule has 3 amide bonds. The second-order valence-electron chi connectivity index (χ2n) is 10.5. The standard InChI is InChI=1S/C25H34BrN3O6/c1-5-34-15-9-7-14(8-10-15)27-21(31)17-18-23(33)29(11-6-12-30)20(22(32)28-24(2,3)4)25(18)13-16(26)19(17)35-25/h7-10,16-20,30H,5-6,11-13H2,1-4H3,(H,27,31)(H,28,32)/t16?,17-,18+,19-,20?,25?/m1/s1. The van der Waals surface area contributed by atoms with Gasteiger partial charge in [0.25, 0.3) is 0 Å². The third-order valence-electron chi connectivity index (χ3n) is 6.83. The van der Waals surface area contributed by atoms with Crippen molar-refractivity contribution in [3.8, 4) is 5.75 Å². The second-order valence-corrected chi connectivity index (χ2v) is 11.6. The van der Waals surface area contributed by atoms with Crippen molar-refractivity contribution < 1.29 is 29.0 Å². The summed E-state index contributed by atoms with van der Waals surface area (Å²) >= 11 is 3.66. The molecule has 9 nitrogen and oxygen atoms in total. The van der Waals surface area contributed by atoms with Crippen LogP contribution >= 0.6 is 15.9 Å². The normalized spacial score (nSPS) is 31.4. The molecule has 0 radical (unpaired) electrons. The van der Waals surface area contributed by atoms with Gasteiger partial charge in [0.2, 0.25) is 17.7 Å². The van der Waals surface area contributed by atoms with E-state index in [1.807, 2.05) is 27.7 Å². The number of fused-ring (bicyclic) bond motifs is 1. The molecule has 1 aromatic rings. The van der Waals surface area contributed by atoms with E-state index in [0.29, 0.717) is 30.9 Å². The number of alkyl halides is 1. The Hall–Kier alpha value is -2.17. The van der Waals surface area contributed by atoms with Crippen LogP contribution in [0.1, 0.15) is 40.5 Å². The summed E-state index contributed by atoms with van der Waals surface area (Å²) in [5.41, 5.74) is -1.03. The maximum atomic E-state index is 13.7. The van der Waals surface area contributed by atoms with Crippen molar-refractivity contribution in [2.45, 2.75) is 68.6 Å². The third-order valence-corrected chi connectivity index (χ3v) is 7.67. The summed E-state index contributed by atoms with van der Waals surface area (Å²) in [7, 11) is 0. The molecule has 0 aromatic heterocycles. The molecular formula is C25H34BrN3O6. The quantitative estimate of drug-likeness (QED) is 0.426. The summed E-state index contributed by atoms with van der Waals surface area (Å²) in [5, 5.41) is 15.3. The van der Waals surface area contributed by atoms with E-state index in [2.05, 4.69) is 26.6 Å². The lowest BCUT2D eigenvalue weighted by Crippen LogP contribution is -2.58. The van der Waals surface area contributed by atoms with Gasteiger partial charge in [0.15, 0.2) is 0 Å². The van der Waals surface area contributed by atoms with Crippen molar-refractivity contribution in [2.75, 3.05) is 25.1 Å². The van der Waals surface area contributed by atoms with Crippen LogP contribution in [0.4, 0.5) is 5.69 Å². The maximum Gasteiger partial charge on any atom is 0.246 e. The summed E-state index contributed by atoms with van der Waals surface area (Å²) in [6, 6.07) is 6.17. The minimum absolute atomic E-state index is 0.110. The Morgan fingerprint density at radius 3 is 2.54 bits per heavy atom. The number of nitrogens with zero attached hydrogens (tertiary/aromatic N) is 1. The van der Waals surface area contributed by atoms with E-state index in [4.69, 9.17) is 9.47 Å². The smallest absolute Gasteiger partial charge is 0.246 e. The zero-order chi connectivity index (χ0) is 25.5. The highest BCUT2D eigenvalue weighted by molar-refractivity contribution is 9.09. The Kier molecular flexibility index (Phi) is 7.19. The number of ether oxygens (including phenoxy) is 2. The molecule has 3 heterocycles. The van der Waals surface area contributed by atoms with Gasteiger partial charge in [-0.1, -0.05) is 15.9 Å². The number of anilines is 1. The van der Waals surface area contributed by atoms with Gasteiger partial charge in [0.1, 0.15) is 17.4 Å². The van der Waals surface area contributed by atoms with Crippen LogP contribution < -0.4 is 15.4 Å². The van der Waals surface area contributed by atoms with E-state index in [-0.39, 0.29) is 35.7 Å². The molecular weight excluding hydrogens is 518 g/mol. The lowest BCUT2D eigenvalue weighted by atomic mass is 9.70. The highest BCUT2D eigenvalue weighted by atomic mass is 79.9. The van der Waals surface area contributed by atoms with Gasteiger partial charge >= 0.3 is 0 Å². The number of halogens is 1. The van der Waals surface area contributed by atoms with Crippen LogP contribution in [-0.4, -0.2) is 75.6 Å². The summed E-state index contributed by atoms with van der Waals surface area (Å²) in [6.07, 6.45) is 0.244. The number of amides is 3. The largest absolute Gasteiger partial charge is 0.494 e. The molecule has 1 aromatic carbocycles. The van der Waals surface area contributed by atoms with E-state index >= 15 is 0 Å². The zero-order valence-electron chi connectivity index (χ0n) is 20.5. The van der Waals surface area contributed by atoms with Gasteiger partial charge in [-0.2, -0.15) is 0 Å². The molecule has 10 heteroatoms. The molecule has 3 saturated heterocycles. The molecule has 3 aliphatic heterocycles. The van der Waals surface area contributed by atoms with Crippen LogP contribution in [0, 0.1) is 11.8 Å². The average molecular weight is 552 g/mol. The number of rotatable bonds is 8. The monoisotopic (exact) mass is 551 g/mol. The van der Waals surface area contributed by atoms with E-state index in [0.717, 1.165) is 0 Å². The van der Waals surface area contributed by atoms with Crippen LogP contribution in [0.25, 0.3) is 0 Å². The van der Waals surface area contributed by atoms with Crippen molar-refractivity contribution in [1.29, 1.82) is 0 Å². The van der Waals surface area contributed by atoms with Gasteiger partial charge in [0.05, 0.1) is 24.5 Å². The summed E-state index contributed by atoms with van der Waals surface area (Å²) in [6.45, 7) is 8.18. The van der Waals surface area contributed by atoms with Crippen molar-refractivity contribution in [3.05, 3.63) is 24.3 Å². The molecule has 4 rings (SSSR count). The van der Waals surface area contributed by atoms with Gasteiger partial charge < -0.3 is 30.1 Å². The van der Waals surface area contributed by atoms with Crippen LogP contribution in [-0.2, 0) is 19.1 Å². The number of nitrogens with one attached hydrogen (secondary N) is 2. The molecule has 2 bridgehead atoms. The summed E-state index contributed by atoms with van der Waals surface area (Å²) in [4.78, 5) is 42.1. The van der Waals surface area contributed by atoms with E-state index in [1.54, 1.807) is 24.3 Å². The lowest BCUT2D eigenvalue weighted by Gasteiger charge is -2.35. The predicted octanol–water partition coefficient (Wildman–Crippen LogP) is 2.07. The van der Waals surface area contributed by atoms with Crippen LogP contribution in [0.15, 0.2) is 24.3 Å². The van der Waals surface area contributed by atoms with Crippen LogP contribution in [0.5, 0.6) is 5.75 Å². The molecule has 192 valence electrons. The minimum atomic E-state index is -1.11. The first-order valence-corrected chi connectivity index (χ1v) is 13.0. The highest BCUT2D eigenvalue weighted by Gasteiger charge is 2.76. The number of carbonyl (C=O) groups excluding carboxylic acids is 3. The minimum Gasteiger partial charge on any atom is -0.494 e. The van der Waals surface area contributed by atoms with Gasteiger partial charge in [-0.15, -0.1) is 0 Å². The number of benzene rings is 1. The van der Waals surface area contributed by atoms with E-state index in [1.165, 1.54) is 4.90 Å². The van der Waals surface area contributed by atoms with Crippen molar-refractivity contribution in [1.82, 2.24) is 10.2 Å². The Bertz CT molecular complexity index is 980. The van der Waals surface area contributed by atoms with E-state index < -0.39 is 35.1 Å². The van der Waals surface area contributed by atoms with Crippen molar-refractivity contribution in [2.24, 2.45) is 11.8 Å². The Morgan fingerprint density at radius 1 is 1.26 bits per heavy atom. The molecule has 1 spiro atoms. The fourth-order valence-electron chi connectivity index (χ4n) is 5.68. The number of carbonyl (C=O) groups is 3. The fourth-order valence-corrected chi connectivity index (χ4v) is 6.62. The second kappa shape index (κ2) is 9.71. The number of aliphatic hydroxyl groups excluding tert-OH is 1. The van der Waals surface area contributed by atoms with Gasteiger partial charge in [-0.25, -0.2) is 0 Å². The number of aliphatic hydroxyl groups is 1. The molecule has 0 aliphatic carbocycles. The molecule has 0 saturated carbocycles. The lowest BCUT2D eigenvalue weighted by molar-refractivity contribution is -0.142. The van der Waals surface area contributed by atoms with Gasteiger partial charge in [0, 0.05) is 29.2 Å². The molecule has 3 aliphatic rings. The number of hydrogen-bond acceptors (Lipinski definition) is 6. The summed E-state index contributed by atoms with van der Waals surface area (Å²) in [5.74, 6) is -1.73. The van der Waals surface area contributed by atoms with Crippen molar-refractivity contribution in [3.63, 3.8) is 0 Å². The zero-order valence-corrected chi connectivity index (χ0v) is 22.1. The fraction of sp³-hybridized carbons (Fsp3) is 0.640. The predicted molar refractivity (Wildman–Crippen MR) is 133 cm³/mol. The molecule has 3 N–H and O–H groups in total.